The number of benzene rings is 1. The van der Waals surface area contributed by atoms with Gasteiger partial charge in [-0.05, 0) is 36.3 Å². The number of hydrogen-bond donors (Lipinski definition) is 0. The quantitative estimate of drug-likeness (QED) is 0.743. The number of carbonyl (C=O) groups is 1. The predicted octanol–water partition coefficient (Wildman–Crippen LogP) is 3.48. The lowest BCUT2D eigenvalue weighted by Gasteiger charge is -2.12. The highest BCUT2D eigenvalue weighted by Crippen LogP contribution is 2.50. The third-order valence-electron chi connectivity index (χ3n) is 3.40. The van der Waals surface area contributed by atoms with Gasteiger partial charge in [0.25, 0.3) is 0 Å². The Morgan fingerprint density at radius 1 is 1.41 bits per heavy atom. The summed E-state index contributed by atoms with van der Waals surface area (Å²) in [4.78, 5) is 11.6. The Labute approximate surface area is 103 Å². The second kappa shape index (κ2) is 4.91. The molecule has 2 rings (SSSR count). The largest absolute Gasteiger partial charge is 0.466 e. The minimum Gasteiger partial charge on any atom is -0.466 e. The highest BCUT2D eigenvalue weighted by atomic mass is 16.5. The van der Waals surface area contributed by atoms with Gasteiger partial charge in [0.15, 0.2) is 0 Å². The topological polar surface area (TPSA) is 26.3 Å². The van der Waals surface area contributed by atoms with Crippen molar-refractivity contribution in [2.24, 2.45) is 5.92 Å². The van der Waals surface area contributed by atoms with E-state index in [1.165, 1.54) is 11.1 Å². The molecule has 0 aliphatic heterocycles. The van der Waals surface area contributed by atoms with Crippen molar-refractivity contribution in [3.63, 3.8) is 0 Å². The molecule has 2 nitrogen and oxygen atoms in total. The van der Waals surface area contributed by atoms with Gasteiger partial charge in [0.2, 0.25) is 0 Å². The average molecular weight is 232 g/mol. The van der Waals surface area contributed by atoms with E-state index in [4.69, 9.17) is 4.74 Å². The van der Waals surface area contributed by atoms with Gasteiger partial charge in [-0.25, -0.2) is 0 Å². The average Bonchev–Trinajstić information content (AvgIpc) is 3.09. The van der Waals surface area contributed by atoms with Crippen molar-refractivity contribution in [3.05, 3.63) is 35.4 Å². The van der Waals surface area contributed by atoms with Crippen molar-refractivity contribution >= 4 is 5.97 Å². The molecule has 92 valence electrons. The molecule has 0 amide bonds. The smallest absolute Gasteiger partial charge is 0.309 e. The minimum atomic E-state index is -0.0314. The maximum atomic E-state index is 11.6. The molecule has 0 spiro atoms. The summed E-state index contributed by atoms with van der Waals surface area (Å²) in [7, 11) is 0. The SMILES string of the molecule is CCOC(=O)C1CC1c1ccccc1C(C)C. The van der Waals surface area contributed by atoms with E-state index >= 15 is 0 Å². The number of ether oxygens (including phenoxy) is 1. The maximum Gasteiger partial charge on any atom is 0.309 e. The van der Waals surface area contributed by atoms with Gasteiger partial charge in [-0.15, -0.1) is 0 Å². The third-order valence-corrected chi connectivity index (χ3v) is 3.40. The molecule has 2 unspecified atom stereocenters. The molecule has 2 heteroatoms. The molecule has 0 heterocycles. The van der Waals surface area contributed by atoms with Crippen molar-refractivity contribution in [2.45, 2.75) is 39.0 Å². The van der Waals surface area contributed by atoms with Crippen LogP contribution < -0.4 is 0 Å². The molecule has 0 N–H and O–H groups in total. The molecule has 1 saturated carbocycles. The van der Waals surface area contributed by atoms with Gasteiger partial charge in [-0.2, -0.15) is 0 Å². The molecule has 0 bridgehead atoms. The highest BCUT2D eigenvalue weighted by molar-refractivity contribution is 5.77. The van der Waals surface area contributed by atoms with Crippen LogP contribution in [0.1, 0.15) is 50.2 Å². The summed E-state index contributed by atoms with van der Waals surface area (Å²) < 4.78 is 5.08. The molecule has 0 radical (unpaired) electrons. The highest BCUT2D eigenvalue weighted by Gasteiger charge is 2.45. The van der Waals surface area contributed by atoms with Crippen molar-refractivity contribution in [1.82, 2.24) is 0 Å². The second-order valence-electron chi connectivity index (χ2n) is 4.98. The van der Waals surface area contributed by atoms with Gasteiger partial charge in [-0.1, -0.05) is 38.1 Å². The van der Waals surface area contributed by atoms with Crippen molar-refractivity contribution in [2.75, 3.05) is 6.61 Å². The maximum absolute atomic E-state index is 11.6. The van der Waals surface area contributed by atoms with Crippen LogP contribution in [0.25, 0.3) is 0 Å². The number of hydrogen-bond acceptors (Lipinski definition) is 2. The molecular weight excluding hydrogens is 212 g/mol. The minimum absolute atomic E-state index is 0.0314. The fraction of sp³-hybridized carbons (Fsp3) is 0.533. The molecule has 0 saturated heterocycles. The van der Waals surface area contributed by atoms with E-state index in [9.17, 15) is 4.79 Å². The van der Waals surface area contributed by atoms with Gasteiger partial charge >= 0.3 is 5.97 Å². The summed E-state index contributed by atoms with van der Waals surface area (Å²) >= 11 is 0. The first-order valence-electron chi connectivity index (χ1n) is 6.40. The lowest BCUT2D eigenvalue weighted by atomic mass is 9.94. The van der Waals surface area contributed by atoms with Gasteiger partial charge in [-0.3, -0.25) is 4.79 Å². The molecule has 1 fully saturated rings. The van der Waals surface area contributed by atoms with Gasteiger partial charge in [0.05, 0.1) is 12.5 Å². The number of carbonyl (C=O) groups excluding carboxylic acids is 1. The normalized spacial score (nSPS) is 22.6. The second-order valence-corrected chi connectivity index (χ2v) is 4.98. The summed E-state index contributed by atoms with van der Waals surface area (Å²) in [5.74, 6) is 0.952. The third kappa shape index (κ3) is 2.51. The van der Waals surface area contributed by atoms with Crippen LogP contribution in [-0.4, -0.2) is 12.6 Å². The van der Waals surface area contributed by atoms with Crippen LogP contribution in [0, 0.1) is 5.92 Å². The van der Waals surface area contributed by atoms with E-state index in [2.05, 4.69) is 38.1 Å². The molecule has 1 aliphatic rings. The van der Waals surface area contributed by atoms with Crippen molar-refractivity contribution < 1.29 is 9.53 Å². The first-order valence-corrected chi connectivity index (χ1v) is 6.40. The Kier molecular flexibility index (Phi) is 3.51. The zero-order chi connectivity index (χ0) is 12.4. The standard InChI is InChI=1S/C15H20O2/c1-4-17-15(16)14-9-13(14)12-8-6-5-7-11(12)10(2)3/h5-8,10,13-14H,4,9H2,1-3H3. The predicted molar refractivity (Wildman–Crippen MR) is 68.0 cm³/mol. The first kappa shape index (κ1) is 12.2. The van der Waals surface area contributed by atoms with E-state index in [0.717, 1.165) is 6.42 Å². The van der Waals surface area contributed by atoms with Crippen molar-refractivity contribution in [3.8, 4) is 0 Å². The Bertz CT molecular complexity index is 409. The lowest BCUT2D eigenvalue weighted by molar-refractivity contribution is -0.144. The van der Waals surface area contributed by atoms with Crippen LogP contribution in [0.3, 0.4) is 0 Å². The van der Waals surface area contributed by atoms with Crippen LogP contribution in [-0.2, 0) is 9.53 Å². The summed E-state index contributed by atoms with van der Waals surface area (Å²) in [5, 5.41) is 0. The van der Waals surface area contributed by atoms with E-state index < -0.39 is 0 Å². The summed E-state index contributed by atoms with van der Waals surface area (Å²) in [5.41, 5.74) is 2.70. The molecule has 1 aliphatic carbocycles. The number of rotatable bonds is 4. The Hall–Kier alpha value is -1.31. The van der Waals surface area contributed by atoms with E-state index in [1.54, 1.807) is 0 Å². The molecule has 0 aromatic heterocycles. The van der Waals surface area contributed by atoms with Crippen LogP contribution in [0.5, 0.6) is 0 Å². The molecule has 1 aromatic rings. The molecule has 2 atom stereocenters. The zero-order valence-electron chi connectivity index (χ0n) is 10.8. The van der Waals surface area contributed by atoms with E-state index in [-0.39, 0.29) is 11.9 Å². The van der Waals surface area contributed by atoms with Crippen molar-refractivity contribution in [1.29, 1.82) is 0 Å². The fourth-order valence-corrected chi connectivity index (χ4v) is 2.42. The lowest BCUT2D eigenvalue weighted by Crippen LogP contribution is -2.08. The summed E-state index contributed by atoms with van der Waals surface area (Å²) in [6.07, 6.45) is 0.947. The van der Waals surface area contributed by atoms with Gasteiger partial charge < -0.3 is 4.74 Å². The Morgan fingerprint density at radius 3 is 2.76 bits per heavy atom. The Balaban J connectivity index is 2.13. The van der Waals surface area contributed by atoms with Crippen LogP contribution >= 0.6 is 0 Å². The van der Waals surface area contributed by atoms with Crippen LogP contribution in [0.2, 0.25) is 0 Å². The first-order chi connectivity index (χ1) is 8.15. The zero-order valence-corrected chi connectivity index (χ0v) is 10.8. The Morgan fingerprint density at radius 2 is 2.12 bits per heavy atom. The fourth-order valence-electron chi connectivity index (χ4n) is 2.42. The number of esters is 1. The van der Waals surface area contributed by atoms with Crippen LogP contribution in [0.15, 0.2) is 24.3 Å². The van der Waals surface area contributed by atoms with Gasteiger partial charge in [0, 0.05) is 0 Å². The summed E-state index contributed by atoms with van der Waals surface area (Å²) in [6, 6.07) is 8.45. The molecule has 1 aromatic carbocycles. The van der Waals surface area contributed by atoms with Crippen LogP contribution in [0.4, 0.5) is 0 Å². The molecule has 17 heavy (non-hydrogen) atoms. The molecular formula is C15H20O2. The monoisotopic (exact) mass is 232 g/mol. The van der Waals surface area contributed by atoms with E-state index in [0.29, 0.717) is 18.4 Å². The summed E-state index contributed by atoms with van der Waals surface area (Å²) in [6.45, 7) is 6.73. The van der Waals surface area contributed by atoms with Gasteiger partial charge in [0.1, 0.15) is 0 Å². The van der Waals surface area contributed by atoms with E-state index in [1.807, 2.05) is 6.92 Å².